The van der Waals surface area contributed by atoms with Gasteiger partial charge < -0.3 is 5.32 Å². The van der Waals surface area contributed by atoms with E-state index in [4.69, 9.17) is 0 Å². The first-order valence-corrected chi connectivity index (χ1v) is 8.37. The number of carbonyl (C=O) groups excluding carboxylic acids is 2. The van der Waals surface area contributed by atoms with Crippen LogP contribution >= 0.6 is 27.7 Å². The quantitative estimate of drug-likeness (QED) is 0.779. The lowest BCUT2D eigenvalue weighted by Crippen LogP contribution is -2.40. The van der Waals surface area contributed by atoms with Gasteiger partial charge in [-0.25, -0.2) is 9.78 Å². The third-order valence-electron chi connectivity index (χ3n) is 2.63. The molecule has 0 aliphatic heterocycles. The van der Waals surface area contributed by atoms with Gasteiger partial charge in [-0.15, -0.1) is 0 Å². The number of carbonyl (C=O) groups is 2. The van der Waals surface area contributed by atoms with Crippen LogP contribution in [0.25, 0.3) is 5.69 Å². The summed E-state index contributed by atoms with van der Waals surface area (Å²) in [5.74, 6) is -0.244. The third kappa shape index (κ3) is 4.60. The topological polar surface area (TPSA) is 76.0 Å². The van der Waals surface area contributed by atoms with Crippen molar-refractivity contribution in [3.63, 3.8) is 0 Å². The Kier molecular flexibility index (Phi) is 6.02. The lowest BCUT2D eigenvalue weighted by molar-refractivity contribution is -0.117. The number of aromatic nitrogens is 2. The summed E-state index contributed by atoms with van der Waals surface area (Å²) >= 11 is 4.66. The molecule has 0 aliphatic rings. The molecule has 0 spiro atoms. The molecule has 3 amide bonds. The van der Waals surface area contributed by atoms with Crippen LogP contribution in [0.1, 0.15) is 6.92 Å². The summed E-state index contributed by atoms with van der Waals surface area (Å²) < 4.78 is 2.88. The molecule has 1 heterocycles. The minimum Gasteiger partial charge on any atom is -0.338 e. The highest BCUT2D eigenvalue weighted by Gasteiger charge is 2.11. The van der Waals surface area contributed by atoms with Crippen LogP contribution in [0.4, 0.5) is 4.79 Å². The standard InChI is InChI=1S/C14H15BrN4O2S/c1-2-16-13(21)18-12(20)9-22-14-17-7-8-19(14)11-5-3-10(15)4-6-11/h3-8H,2,9H2,1H3,(H2,16,18,20,21). The molecule has 116 valence electrons. The summed E-state index contributed by atoms with van der Waals surface area (Å²) in [6.07, 6.45) is 3.50. The van der Waals surface area contributed by atoms with E-state index in [0.717, 1.165) is 10.2 Å². The normalized spacial score (nSPS) is 10.3. The Morgan fingerprint density at radius 1 is 1.32 bits per heavy atom. The monoisotopic (exact) mass is 382 g/mol. The summed E-state index contributed by atoms with van der Waals surface area (Å²) in [5, 5.41) is 5.45. The minimum atomic E-state index is -0.482. The largest absolute Gasteiger partial charge is 0.338 e. The third-order valence-corrected chi connectivity index (χ3v) is 4.13. The van der Waals surface area contributed by atoms with Gasteiger partial charge >= 0.3 is 6.03 Å². The van der Waals surface area contributed by atoms with E-state index in [0.29, 0.717) is 11.7 Å². The number of imide groups is 1. The van der Waals surface area contributed by atoms with Crippen LogP contribution in [0.15, 0.2) is 46.3 Å². The maximum atomic E-state index is 11.7. The molecule has 0 saturated carbocycles. The van der Waals surface area contributed by atoms with Crippen molar-refractivity contribution in [2.45, 2.75) is 12.1 Å². The van der Waals surface area contributed by atoms with Gasteiger partial charge in [0.05, 0.1) is 5.75 Å². The smallest absolute Gasteiger partial charge is 0.321 e. The fraction of sp³-hybridized carbons (Fsp3) is 0.214. The van der Waals surface area contributed by atoms with E-state index in [2.05, 4.69) is 31.5 Å². The fourth-order valence-corrected chi connectivity index (χ4v) is 2.73. The molecule has 0 atom stereocenters. The average molecular weight is 383 g/mol. The molecule has 2 rings (SSSR count). The molecule has 0 aliphatic carbocycles. The zero-order valence-electron chi connectivity index (χ0n) is 11.9. The lowest BCUT2D eigenvalue weighted by Gasteiger charge is -2.08. The number of imidazole rings is 1. The predicted molar refractivity (Wildman–Crippen MR) is 89.2 cm³/mol. The number of rotatable bonds is 5. The highest BCUT2D eigenvalue weighted by molar-refractivity contribution is 9.10. The number of amides is 3. The second-order valence-electron chi connectivity index (χ2n) is 4.25. The molecular formula is C14H15BrN4O2S. The van der Waals surface area contributed by atoms with Crippen molar-refractivity contribution in [3.8, 4) is 5.69 Å². The number of thioether (sulfide) groups is 1. The van der Waals surface area contributed by atoms with E-state index in [-0.39, 0.29) is 11.7 Å². The van der Waals surface area contributed by atoms with Crippen LogP contribution in [-0.2, 0) is 4.79 Å². The van der Waals surface area contributed by atoms with Gasteiger partial charge in [-0.05, 0) is 31.2 Å². The van der Waals surface area contributed by atoms with Gasteiger partial charge in [-0.3, -0.25) is 14.7 Å². The first kappa shape index (κ1) is 16.6. The van der Waals surface area contributed by atoms with E-state index < -0.39 is 6.03 Å². The zero-order valence-corrected chi connectivity index (χ0v) is 14.3. The van der Waals surface area contributed by atoms with Crippen LogP contribution in [0.2, 0.25) is 0 Å². The first-order chi connectivity index (χ1) is 10.6. The van der Waals surface area contributed by atoms with E-state index in [1.807, 2.05) is 35.0 Å². The molecular weight excluding hydrogens is 368 g/mol. The zero-order chi connectivity index (χ0) is 15.9. The van der Waals surface area contributed by atoms with Gasteiger partial charge in [0.2, 0.25) is 5.91 Å². The molecule has 1 aromatic carbocycles. The van der Waals surface area contributed by atoms with Crippen LogP contribution in [0, 0.1) is 0 Å². The van der Waals surface area contributed by atoms with E-state index in [1.165, 1.54) is 11.8 Å². The molecule has 0 bridgehead atoms. The Bertz CT molecular complexity index is 657. The van der Waals surface area contributed by atoms with Gasteiger partial charge in [0, 0.05) is 29.1 Å². The molecule has 2 N–H and O–H groups in total. The molecule has 0 saturated heterocycles. The average Bonchev–Trinajstić information content (AvgIpc) is 2.94. The molecule has 8 heteroatoms. The molecule has 0 radical (unpaired) electrons. The van der Waals surface area contributed by atoms with Gasteiger partial charge in [0.15, 0.2) is 5.16 Å². The van der Waals surface area contributed by atoms with Crippen LogP contribution in [0.5, 0.6) is 0 Å². The van der Waals surface area contributed by atoms with Crippen molar-refractivity contribution < 1.29 is 9.59 Å². The first-order valence-electron chi connectivity index (χ1n) is 6.60. The van der Waals surface area contributed by atoms with Crippen LogP contribution < -0.4 is 10.6 Å². The highest BCUT2D eigenvalue weighted by atomic mass is 79.9. The second-order valence-corrected chi connectivity index (χ2v) is 6.11. The van der Waals surface area contributed by atoms with Crippen molar-refractivity contribution in [1.29, 1.82) is 0 Å². The summed E-state index contributed by atoms with van der Waals surface area (Å²) in [6.45, 7) is 2.26. The number of nitrogens with zero attached hydrogens (tertiary/aromatic N) is 2. The number of hydrogen-bond donors (Lipinski definition) is 2. The second kappa shape index (κ2) is 8.00. The SMILES string of the molecule is CCNC(=O)NC(=O)CSc1nccn1-c1ccc(Br)cc1. The van der Waals surface area contributed by atoms with Crippen LogP contribution in [-0.4, -0.2) is 33.8 Å². The van der Waals surface area contributed by atoms with E-state index >= 15 is 0 Å². The molecule has 6 nitrogen and oxygen atoms in total. The van der Waals surface area contributed by atoms with Crippen molar-refractivity contribution in [2.75, 3.05) is 12.3 Å². The number of nitrogens with one attached hydrogen (secondary N) is 2. The molecule has 22 heavy (non-hydrogen) atoms. The van der Waals surface area contributed by atoms with E-state index in [9.17, 15) is 9.59 Å². The minimum absolute atomic E-state index is 0.116. The Morgan fingerprint density at radius 2 is 2.05 bits per heavy atom. The van der Waals surface area contributed by atoms with Crippen molar-refractivity contribution >= 4 is 39.6 Å². The van der Waals surface area contributed by atoms with Gasteiger partial charge in [0.25, 0.3) is 0 Å². The summed E-state index contributed by atoms with van der Waals surface area (Å²) in [7, 11) is 0. The number of urea groups is 1. The van der Waals surface area contributed by atoms with Crippen LogP contribution in [0.3, 0.4) is 0 Å². The number of hydrogen-bond acceptors (Lipinski definition) is 4. The Morgan fingerprint density at radius 3 is 2.73 bits per heavy atom. The lowest BCUT2D eigenvalue weighted by atomic mass is 10.3. The van der Waals surface area contributed by atoms with Crippen molar-refractivity contribution in [1.82, 2.24) is 20.2 Å². The van der Waals surface area contributed by atoms with Crippen molar-refractivity contribution in [3.05, 3.63) is 41.1 Å². The Labute approximate surface area is 140 Å². The molecule has 2 aromatic rings. The number of benzene rings is 1. The molecule has 0 fully saturated rings. The Hall–Kier alpha value is -1.80. The highest BCUT2D eigenvalue weighted by Crippen LogP contribution is 2.21. The molecule has 1 aromatic heterocycles. The Balaban J connectivity index is 1.97. The van der Waals surface area contributed by atoms with Crippen molar-refractivity contribution in [2.24, 2.45) is 0 Å². The summed E-state index contributed by atoms with van der Waals surface area (Å²) in [6, 6.07) is 7.29. The fourth-order valence-electron chi connectivity index (χ4n) is 1.69. The summed E-state index contributed by atoms with van der Waals surface area (Å²) in [5.41, 5.74) is 0.951. The molecule has 0 unspecified atom stereocenters. The van der Waals surface area contributed by atoms with Gasteiger partial charge in [0.1, 0.15) is 0 Å². The maximum Gasteiger partial charge on any atom is 0.321 e. The number of halogens is 1. The van der Waals surface area contributed by atoms with Gasteiger partial charge in [-0.2, -0.15) is 0 Å². The summed E-state index contributed by atoms with van der Waals surface area (Å²) in [4.78, 5) is 27.2. The van der Waals surface area contributed by atoms with E-state index in [1.54, 1.807) is 13.1 Å². The predicted octanol–water partition coefficient (Wildman–Crippen LogP) is 2.57. The van der Waals surface area contributed by atoms with Gasteiger partial charge in [-0.1, -0.05) is 27.7 Å². The maximum absolute atomic E-state index is 11.7.